The van der Waals surface area contributed by atoms with E-state index in [1.165, 1.54) is 0 Å². The van der Waals surface area contributed by atoms with Gasteiger partial charge in [0, 0.05) is 11.1 Å². The Balaban J connectivity index is 2.71. The van der Waals surface area contributed by atoms with Gasteiger partial charge < -0.3 is 20.9 Å². The van der Waals surface area contributed by atoms with E-state index in [9.17, 15) is 9.59 Å². The molecule has 0 bridgehead atoms. The molecule has 4 N–H and O–H groups in total. The van der Waals surface area contributed by atoms with Gasteiger partial charge in [0.15, 0.2) is 5.78 Å². The van der Waals surface area contributed by atoms with Crippen LogP contribution in [0, 0.1) is 12.8 Å². The van der Waals surface area contributed by atoms with Crippen molar-refractivity contribution < 1.29 is 19.1 Å². The van der Waals surface area contributed by atoms with Crippen LogP contribution in [-0.4, -0.2) is 24.0 Å². The molecule has 29 heavy (non-hydrogen) atoms. The maximum absolute atomic E-state index is 13.2. The van der Waals surface area contributed by atoms with Crippen LogP contribution in [-0.2, 0) is 4.74 Å². The fourth-order valence-corrected chi connectivity index (χ4v) is 2.91. The lowest BCUT2D eigenvalue weighted by molar-refractivity contribution is 0.00695. The number of anilines is 2. The topological polar surface area (TPSA) is 105 Å². The third-order valence-electron chi connectivity index (χ3n) is 4.20. The van der Waals surface area contributed by atoms with Crippen LogP contribution in [0.5, 0.6) is 5.75 Å². The lowest BCUT2D eigenvalue weighted by Gasteiger charge is -2.24. The molecule has 0 heterocycles. The molecule has 2 aromatic carbocycles. The Morgan fingerprint density at radius 2 is 1.59 bits per heavy atom. The minimum Gasteiger partial charge on any atom is -0.491 e. The molecular formula is C23H30N2O4. The van der Waals surface area contributed by atoms with E-state index in [0.717, 1.165) is 0 Å². The van der Waals surface area contributed by atoms with Gasteiger partial charge >= 0.3 is 5.97 Å². The van der Waals surface area contributed by atoms with E-state index in [0.29, 0.717) is 17.7 Å². The largest absolute Gasteiger partial charge is 0.491 e. The minimum atomic E-state index is -0.722. The molecule has 0 atom stereocenters. The lowest BCUT2D eigenvalue weighted by atomic mass is 9.93. The number of esters is 1. The van der Waals surface area contributed by atoms with Crippen LogP contribution in [0.3, 0.4) is 0 Å². The zero-order chi connectivity index (χ0) is 21.9. The van der Waals surface area contributed by atoms with E-state index in [-0.39, 0.29) is 40.0 Å². The maximum atomic E-state index is 13.2. The molecule has 6 heteroatoms. The highest BCUT2D eigenvalue weighted by Crippen LogP contribution is 2.40. The van der Waals surface area contributed by atoms with E-state index in [2.05, 4.69) is 0 Å². The van der Waals surface area contributed by atoms with Crippen molar-refractivity contribution in [2.24, 2.45) is 5.92 Å². The summed E-state index contributed by atoms with van der Waals surface area (Å²) in [6, 6.07) is 8.64. The van der Waals surface area contributed by atoms with E-state index in [1.807, 2.05) is 19.9 Å². The van der Waals surface area contributed by atoms with Crippen molar-refractivity contribution in [3.63, 3.8) is 0 Å². The Kier molecular flexibility index (Phi) is 6.57. The Bertz CT molecular complexity index is 913. The molecule has 0 aromatic heterocycles. The average molecular weight is 399 g/mol. The summed E-state index contributed by atoms with van der Waals surface area (Å²) in [5, 5.41) is 0. The molecular weight excluding hydrogens is 368 g/mol. The van der Waals surface area contributed by atoms with Crippen molar-refractivity contribution in [2.45, 2.75) is 47.1 Å². The van der Waals surface area contributed by atoms with Crippen LogP contribution in [0.1, 0.15) is 66.5 Å². The monoisotopic (exact) mass is 398 g/mol. The highest BCUT2D eigenvalue weighted by atomic mass is 16.6. The first-order valence-corrected chi connectivity index (χ1v) is 9.61. The second-order valence-corrected chi connectivity index (χ2v) is 8.43. The normalized spacial score (nSPS) is 11.4. The highest BCUT2D eigenvalue weighted by Gasteiger charge is 2.30. The summed E-state index contributed by atoms with van der Waals surface area (Å²) in [6.07, 6.45) is 0. The number of hydrogen-bond acceptors (Lipinski definition) is 6. The van der Waals surface area contributed by atoms with Crippen LogP contribution < -0.4 is 16.2 Å². The van der Waals surface area contributed by atoms with E-state index < -0.39 is 11.6 Å². The molecule has 2 aromatic rings. The SMILES string of the molecule is Cc1c(OCC(C)C)c(N)c(C(=O)c2ccccc2)c(N)c1C(=O)OC(C)(C)C. The average Bonchev–Trinajstić information content (AvgIpc) is 2.60. The van der Waals surface area contributed by atoms with Gasteiger partial charge in [0.25, 0.3) is 0 Å². The third kappa shape index (κ3) is 5.08. The summed E-state index contributed by atoms with van der Waals surface area (Å²) in [5.74, 6) is -0.485. The molecule has 0 aliphatic rings. The highest BCUT2D eigenvalue weighted by molar-refractivity contribution is 6.19. The third-order valence-corrected chi connectivity index (χ3v) is 4.20. The van der Waals surface area contributed by atoms with Gasteiger partial charge in [-0.05, 0) is 33.6 Å². The standard InChI is InChI=1S/C23H30N2O4/c1-13(2)12-28-21-14(3)16(22(27)29-23(4,5)6)18(24)17(19(21)25)20(26)15-10-8-7-9-11-15/h7-11,13H,12,24-25H2,1-6H3. The minimum absolute atomic E-state index is 0. The molecule has 0 fully saturated rings. The first kappa shape index (κ1) is 22.3. The number of ether oxygens (including phenoxy) is 2. The fraction of sp³-hybridized carbons (Fsp3) is 0.391. The van der Waals surface area contributed by atoms with Gasteiger partial charge in [-0.3, -0.25) is 4.79 Å². The van der Waals surface area contributed by atoms with Gasteiger partial charge in [-0.15, -0.1) is 0 Å². The number of carbonyl (C=O) groups is 2. The molecule has 0 unspecified atom stereocenters. The lowest BCUT2D eigenvalue weighted by Crippen LogP contribution is -2.26. The molecule has 6 nitrogen and oxygen atoms in total. The summed E-state index contributed by atoms with van der Waals surface area (Å²) < 4.78 is 11.4. The van der Waals surface area contributed by atoms with Crippen molar-refractivity contribution in [1.82, 2.24) is 0 Å². The van der Waals surface area contributed by atoms with Gasteiger partial charge in [0.1, 0.15) is 11.4 Å². The second kappa shape index (κ2) is 8.55. The number of ketones is 1. The summed E-state index contributed by atoms with van der Waals surface area (Å²) >= 11 is 0. The Morgan fingerprint density at radius 1 is 1.00 bits per heavy atom. The van der Waals surface area contributed by atoms with Gasteiger partial charge in [-0.2, -0.15) is 0 Å². The Hall–Kier alpha value is -3.02. The summed E-state index contributed by atoms with van der Waals surface area (Å²) in [4.78, 5) is 26.1. The molecule has 0 aliphatic carbocycles. The van der Waals surface area contributed by atoms with Crippen molar-refractivity contribution >= 4 is 23.1 Å². The Morgan fingerprint density at radius 3 is 2.10 bits per heavy atom. The smallest absolute Gasteiger partial charge is 0.341 e. The predicted molar refractivity (Wildman–Crippen MR) is 115 cm³/mol. The molecule has 0 saturated heterocycles. The fourth-order valence-electron chi connectivity index (χ4n) is 2.91. The van der Waals surface area contributed by atoms with Gasteiger partial charge in [-0.25, -0.2) is 4.79 Å². The molecule has 0 aliphatic heterocycles. The first-order chi connectivity index (χ1) is 13.4. The quantitative estimate of drug-likeness (QED) is 0.425. The van der Waals surface area contributed by atoms with Crippen molar-refractivity contribution in [1.29, 1.82) is 0 Å². The van der Waals surface area contributed by atoms with Crippen LogP contribution in [0.2, 0.25) is 0 Å². The van der Waals surface area contributed by atoms with Crippen LogP contribution in [0.4, 0.5) is 11.4 Å². The molecule has 0 saturated carbocycles. The Labute approximate surface area is 172 Å². The number of rotatable bonds is 6. The number of carbonyl (C=O) groups excluding carboxylic acids is 2. The summed E-state index contributed by atoms with van der Waals surface area (Å²) in [6.45, 7) is 11.3. The summed E-state index contributed by atoms with van der Waals surface area (Å²) in [7, 11) is 0. The zero-order valence-electron chi connectivity index (χ0n) is 18.0. The van der Waals surface area contributed by atoms with Crippen molar-refractivity contribution in [3.8, 4) is 5.75 Å². The number of hydrogen-bond donors (Lipinski definition) is 2. The van der Waals surface area contributed by atoms with Gasteiger partial charge in [0.05, 0.1) is 29.1 Å². The molecule has 0 amide bonds. The number of nitrogen functional groups attached to an aromatic ring is 2. The molecule has 2 rings (SSSR count). The van der Waals surface area contributed by atoms with Gasteiger partial charge in [-0.1, -0.05) is 44.2 Å². The van der Waals surface area contributed by atoms with Crippen LogP contribution in [0.25, 0.3) is 0 Å². The summed E-state index contributed by atoms with van der Waals surface area (Å²) in [5.41, 5.74) is 13.1. The molecule has 0 radical (unpaired) electrons. The molecule has 0 spiro atoms. The van der Waals surface area contributed by atoms with E-state index in [1.54, 1.807) is 52.0 Å². The number of benzene rings is 2. The van der Waals surface area contributed by atoms with Crippen LogP contribution >= 0.6 is 0 Å². The molecule has 156 valence electrons. The number of nitrogens with two attached hydrogens (primary N) is 2. The predicted octanol–water partition coefficient (Wildman–Crippen LogP) is 4.38. The first-order valence-electron chi connectivity index (χ1n) is 9.61. The second-order valence-electron chi connectivity index (χ2n) is 8.43. The van der Waals surface area contributed by atoms with Gasteiger partial charge in [0.2, 0.25) is 0 Å². The maximum Gasteiger partial charge on any atom is 0.341 e. The van der Waals surface area contributed by atoms with E-state index >= 15 is 0 Å². The van der Waals surface area contributed by atoms with Crippen LogP contribution in [0.15, 0.2) is 30.3 Å². The zero-order valence-corrected chi connectivity index (χ0v) is 18.0. The van der Waals surface area contributed by atoms with E-state index in [4.69, 9.17) is 20.9 Å². The van der Waals surface area contributed by atoms with Crippen molar-refractivity contribution in [2.75, 3.05) is 18.1 Å². The van der Waals surface area contributed by atoms with Crippen molar-refractivity contribution in [3.05, 3.63) is 52.6 Å².